The first-order chi connectivity index (χ1) is 20.0. The molecule has 222 valence electrons. The number of aromatic nitrogens is 1. The zero-order valence-corrected chi connectivity index (χ0v) is 26.0. The highest BCUT2D eigenvalue weighted by Gasteiger charge is 2.28. The van der Waals surface area contributed by atoms with Crippen LogP contribution in [0.1, 0.15) is 35.9 Å². The molecule has 5 rings (SSSR count). The highest BCUT2D eigenvalue weighted by Crippen LogP contribution is 2.41. The van der Waals surface area contributed by atoms with Crippen molar-refractivity contribution in [1.29, 1.82) is 0 Å². The lowest BCUT2D eigenvalue weighted by molar-refractivity contribution is -0.667. The maximum absolute atomic E-state index is 11.4. The Bertz CT molecular complexity index is 1840. The summed E-state index contributed by atoms with van der Waals surface area (Å²) in [6.45, 7) is 6.78. The third kappa shape index (κ3) is 6.74. The molecule has 0 fully saturated rings. The monoisotopic (exact) mass is 628 g/mol. The molecule has 3 aromatic carbocycles. The molecule has 0 bridgehead atoms. The summed E-state index contributed by atoms with van der Waals surface area (Å²) < 4.78 is 68.7. The topological polar surface area (TPSA) is 120 Å². The van der Waals surface area contributed by atoms with Gasteiger partial charge in [-0.15, -0.1) is 0 Å². The Kier molecular flexibility index (Phi) is 9.11. The van der Waals surface area contributed by atoms with Gasteiger partial charge in [-0.05, 0) is 66.6 Å². The van der Waals surface area contributed by atoms with Crippen molar-refractivity contribution in [3.8, 4) is 5.75 Å². The number of allylic oxidation sites excluding steroid dienone is 2. The molecule has 12 heteroatoms. The first-order valence-electron chi connectivity index (χ1n) is 13.5. The van der Waals surface area contributed by atoms with Gasteiger partial charge in [0.2, 0.25) is 11.4 Å². The van der Waals surface area contributed by atoms with Crippen LogP contribution in [0, 0.1) is 13.8 Å². The average molecular weight is 629 g/mol. The van der Waals surface area contributed by atoms with Gasteiger partial charge < -0.3 is 14.2 Å². The molecular weight excluding hydrogens is 597 g/mol. The van der Waals surface area contributed by atoms with Crippen molar-refractivity contribution in [2.75, 3.05) is 23.8 Å². The highest BCUT2D eigenvalue weighted by atomic mass is 32.2. The number of ether oxygens (including phenoxy) is 1. The number of aryl methyl sites for hydroxylation is 3. The zero-order valence-electron chi connectivity index (χ0n) is 23.5. The molecule has 1 N–H and O–H groups in total. The number of benzene rings is 3. The molecule has 1 aromatic heterocycles. The first-order valence-corrected chi connectivity index (χ1v) is 17.0. The third-order valence-electron chi connectivity index (χ3n) is 7.26. The number of anilines is 1. The summed E-state index contributed by atoms with van der Waals surface area (Å²) >= 11 is -0.767. The minimum Gasteiger partial charge on any atom is -0.748 e. The predicted molar refractivity (Wildman–Crippen MR) is 166 cm³/mol. The van der Waals surface area contributed by atoms with Crippen molar-refractivity contribution in [3.05, 3.63) is 82.2 Å². The van der Waals surface area contributed by atoms with Crippen molar-refractivity contribution in [2.24, 2.45) is 0 Å². The standard InChI is InChI=1S/C30H32N2O7S3/c1-4-22(18-28-31(13-14-38-41(33)34)25-16-20(2)21(3)17-26(25)39-28)19-29-32(12-7-15-42(35,36)37)30-24-9-6-5-8-23(24)10-11-27(30)40-29/h5-6,8-11,16-19H,4,7,12-15H2,1-3H3,(H-,33,34,35,36,37). The molecule has 0 spiro atoms. The first kappa shape index (κ1) is 30.3. The summed E-state index contributed by atoms with van der Waals surface area (Å²) in [6, 6.07) is 16.2. The Morgan fingerprint density at radius 3 is 2.69 bits per heavy atom. The van der Waals surface area contributed by atoms with E-state index in [4.69, 9.17) is 13.5 Å². The van der Waals surface area contributed by atoms with Gasteiger partial charge in [-0.25, -0.2) is 8.42 Å². The Labute approximate surface area is 251 Å². The molecule has 42 heavy (non-hydrogen) atoms. The summed E-state index contributed by atoms with van der Waals surface area (Å²) in [4.78, 5) is 1.93. The van der Waals surface area contributed by atoms with Gasteiger partial charge in [0.1, 0.15) is 4.70 Å². The summed E-state index contributed by atoms with van der Waals surface area (Å²) in [5, 5.41) is 3.05. The molecule has 0 radical (unpaired) electrons. The number of hydrogen-bond acceptors (Lipinski definition) is 8. The molecular formula is C30H32N2O7S3. The molecule has 2 heterocycles. The number of fused-ring (bicyclic) bond motifs is 4. The van der Waals surface area contributed by atoms with Gasteiger partial charge in [0.15, 0.2) is 12.3 Å². The van der Waals surface area contributed by atoms with Crippen LogP contribution in [0.15, 0.2) is 66.1 Å². The summed E-state index contributed by atoms with van der Waals surface area (Å²) in [7, 11) is -4.33. The number of nitrogens with zero attached hydrogens (tertiary/aromatic N) is 2. The van der Waals surface area contributed by atoms with Gasteiger partial charge in [-0.3, -0.25) is 8.74 Å². The van der Waals surface area contributed by atoms with Crippen LogP contribution >= 0.6 is 11.3 Å². The minimum absolute atomic E-state index is 0.0212. The van der Waals surface area contributed by atoms with Gasteiger partial charge >= 0.3 is 11.4 Å². The highest BCUT2D eigenvalue weighted by molar-refractivity contribution is 7.85. The minimum atomic E-state index is -4.33. The Balaban J connectivity index is 1.58. The van der Waals surface area contributed by atoms with Crippen LogP contribution in [-0.2, 0) is 32.2 Å². The van der Waals surface area contributed by atoms with Crippen molar-refractivity contribution in [3.63, 3.8) is 0 Å². The fourth-order valence-corrected chi connectivity index (χ4v) is 6.94. The second-order valence-corrected chi connectivity index (χ2v) is 13.3. The number of thiazole rings is 1. The van der Waals surface area contributed by atoms with Gasteiger partial charge in [-0.1, -0.05) is 42.5 Å². The van der Waals surface area contributed by atoms with Crippen LogP contribution in [0.3, 0.4) is 0 Å². The predicted octanol–water partition coefficient (Wildman–Crippen LogP) is 5.58. The Hall–Kier alpha value is -3.13. The van der Waals surface area contributed by atoms with E-state index in [-0.39, 0.29) is 13.0 Å². The van der Waals surface area contributed by atoms with Crippen molar-refractivity contribution in [1.82, 2.24) is 0 Å². The van der Waals surface area contributed by atoms with E-state index < -0.39 is 27.2 Å². The molecule has 1 atom stereocenters. The third-order valence-corrected chi connectivity index (χ3v) is 9.52. The van der Waals surface area contributed by atoms with Crippen molar-refractivity contribution < 1.29 is 35.2 Å². The van der Waals surface area contributed by atoms with Crippen LogP contribution in [0.5, 0.6) is 5.75 Å². The van der Waals surface area contributed by atoms with Crippen LogP contribution in [0.2, 0.25) is 0 Å². The van der Waals surface area contributed by atoms with E-state index in [0.717, 1.165) is 48.4 Å². The molecule has 0 saturated heterocycles. The second kappa shape index (κ2) is 12.6. The average Bonchev–Trinajstić information content (AvgIpc) is 3.44. The van der Waals surface area contributed by atoms with Gasteiger partial charge in [0.25, 0.3) is 5.01 Å². The molecule has 1 unspecified atom stereocenters. The molecule has 9 nitrogen and oxygen atoms in total. The Morgan fingerprint density at radius 2 is 1.95 bits per heavy atom. The fraction of sp³-hybridized carbons (Fsp3) is 0.300. The van der Waals surface area contributed by atoms with Crippen LogP contribution in [0.4, 0.5) is 5.69 Å². The lowest BCUT2D eigenvalue weighted by atomic mass is 10.1. The van der Waals surface area contributed by atoms with Crippen molar-refractivity contribution in [2.45, 2.75) is 40.2 Å². The lowest BCUT2D eigenvalue weighted by Gasteiger charge is -2.18. The largest absolute Gasteiger partial charge is 0.748 e. The summed E-state index contributed by atoms with van der Waals surface area (Å²) in [5.41, 5.74) is 5.01. The van der Waals surface area contributed by atoms with Crippen molar-refractivity contribution >= 4 is 65.6 Å². The van der Waals surface area contributed by atoms with E-state index in [9.17, 15) is 17.2 Å². The molecule has 0 aliphatic carbocycles. The fourth-order valence-electron chi connectivity index (χ4n) is 5.06. The van der Waals surface area contributed by atoms with E-state index in [1.807, 2.05) is 68.1 Å². The molecule has 0 amide bonds. The van der Waals surface area contributed by atoms with Crippen LogP contribution < -0.4 is 14.2 Å². The lowest BCUT2D eigenvalue weighted by Crippen LogP contribution is -2.36. The number of rotatable bonds is 11. The van der Waals surface area contributed by atoms with E-state index in [1.54, 1.807) is 11.3 Å². The SMILES string of the molecule is CCC(=C/c1sc2ccc3ccccc3c2[n+]1CCCS(=O)(=O)[O-])/C=C1\Oc2cc(C)c(C)cc2N1CCOS(=O)O. The maximum atomic E-state index is 11.4. The summed E-state index contributed by atoms with van der Waals surface area (Å²) in [5.74, 6) is 0.842. The normalized spacial score (nSPS) is 15.5. The van der Waals surface area contributed by atoms with Crippen LogP contribution in [-0.4, -0.2) is 40.6 Å². The molecule has 1 aliphatic rings. The van der Waals surface area contributed by atoms with Gasteiger partial charge in [-0.2, -0.15) is 8.78 Å². The molecule has 4 aromatic rings. The zero-order chi connectivity index (χ0) is 30.0. The summed E-state index contributed by atoms with van der Waals surface area (Å²) in [6.07, 6.45) is 4.90. The maximum Gasteiger partial charge on any atom is 0.301 e. The van der Waals surface area contributed by atoms with Crippen LogP contribution in [0.25, 0.3) is 27.1 Å². The molecule has 0 saturated carbocycles. The van der Waals surface area contributed by atoms with E-state index in [0.29, 0.717) is 31.1 Å². The van der Waals surface area contributed by atoms with E-state index in [1.165, 1.54) is 0 Å². The van der Waals surface area contributed by atoms with E-state index >= 15 is 0 Å². The molecule has 1 aliphatic heterocycles. The van der Waals surface area contributed by atoms with E-state index in [2.05, 4.69) is 22.8 Å². The van der Waals surface area contributed by atoms with Gasteiger partial charge in [0.05, 0.1) is 34.3 Å². The van der Waals surface area contributed by atoms with Gasteiger partial charge in [0, 0.05) is 24.3 Å². The Morgan fingerprint density at radius 1 is 1.19 bits per heavy atom. The number of hydrogen-bond donors (Lipinski definition) is 1. The smallest absolute Gasteiger partial charge is 0.301 e. The second-order valence-electron chi connectivity index (χ2n) is 10.1. The quantitative estimate of drug-likeness (QED) is 0.130.